The molecule has 2 rings (SSSR count). The SMILES string of the molecule is CN1CCCCC1CNS(=O)(=O)c1ccc(CCO)s1. The number of hydrogen-bond acceptors (Lipinski definition) is 5. The van der Waals surface area contributed by atoms with E-state index in [0.717, 1.165) is 24.3 Å². The van der Waals surface area contributed by atoms with Crippen LogP contribution >= 0.6 is 11.3 Å². The van der Waals surface area contributed by atoms with Crippen LogP contribution in [-0.2, 0) is 16.4 Å². The average Bonchev–Trinajstić information content (AvgIpc) is 2.88. The van der Waals surface area contributed by atoms with E-state index in [1.54, 1.807) is 12.1 Å². The molecule has 20 heavy (non-hydrogen) atoms. The summed E-state index contributed by atoms with van der Waals surface area (Å²) >= 11 is 1.23. The third-order valence-electron chi connectivity index (χ3n) is 3.69. The van der Waals surface area contributed by atoms with E-state index in [1.165, 1.54) is 17.8 Å². The molecule has 1 aromatic rings. The average molecular weight is 318 g/mol. The van der Waals surface area contributed by atoms with Crippen LogP contribution in [0.4, 0.5) is 0 Å². The molecule has 0 aromatic carbocycles. The molecule has 5 nitrogen and oxygen atoms in total. The quantitative estimate of drug-likeness (QED) is 0.822. The van der Waals surface area contributed by atoms with Gasteiger partial charge in [0.2, 0.25) is 10.0 Å². The predicted molar refractivity (Wildman–Crippen MR) is 80.6 cm³/mol. The van der Waals surface area contributed by atoms with Crippen LogP contribution in [0.5, 0.6) is 0 Å². The normalized spacial score (nSPS) is 21.2. The van der Waals surface area contributed by atoms with E-state index >= 15 is 0 Å². The van der Waals surface area contributed by atoms with E-state index in [2.05, 4.69) is 9.62 Å². The zero-order valence-corrected chi connectivity index (χ0v) is 13.3. The van der Waals surface area contributed by atoms with Gasteiger partial charge in [-0.25, -0.2) is 13.1 Å². The van der Waals surface area contributed by atoms with Crippen molar-refractivity contribution >= 4 is 21.4 Å². The maximum absolute atomic E-state index is 12.2. The largest absolute Gasteiger partial charge is 0.396 e. The van der Waals surface area contributed by atoms with Gasteiger partial charge in [-0.1, -0.05) is 6.42 Å². The van der Waals surface area contributed by atoms with Crippen molar-refractivity contribution in [2.24, 2.45) is 0 Å². The van der Waals surface area contributed by atoms with E-state index < -0.39 is 10.0 Å². The molecule has 0 amide bonds. The number of sulfonamides is 1. The molecule has 2 heterocycles. The van der Waals surface area contributed by atoms with Gasteiger partial charge < -0.3 is 10.0 Å². The third-order valence-corrected chi connectivity index (χ3v) is 6.75. The minimum Gasteiger partial charge on any atom is -0.396 e. The molecular weight excluding hydrogens is 296 g/mol. The summed E-state index contributed by atoms with van der Waals surface area (Å²) in [6, 6.07) is 3.67. The Balaban J connectivity index is 1.95. The molecule has 0 aliphatic carbocycles. The van der Waals surface area contributed by atoms with Gasteiger partial charge in [-0.15, -0.1) is 11.3 Å². The highest BCUT2D eigenvalue weighted by atomic mass is 32.2. The van der Waals surface area contributed by atoms with Gasteiger partial charge in [0.25, 0.3) is 0 Å². The van der Waals surface area contributed by atoms with Crippen LogP contribution in [0.3, 0.4) is 0 Å². The summed E-state index contributed by atoms with van der Waals surface area (Å²) in [5.41, 5.74) is 0. The van der Waals surface area contributed by atoms with Crippen LogP contribution in [0.2, 0.25) is 0 Å². The maximum Gasteiger partial charge on any atom is 0.250 e. The standard InChI is InChI=1S/C13H22N2O3S2/c1-15-8-3-2-4-11(15)10-14-20(17,18)13-6-5-12(19-13)7-9-16/h5-6,11,14,16H,2-4,7-10H2,1H3. The Morgan fingerprint density at radius 2 is 2.25 bits per heavy atom. The highest BCUT2D eigenvalue weighted by molar-refractivity contribution is 7.91. The van der Waals surface area contributed by atoms with Crippen LogP contribution in [0.25, 0.3) is 0 Å². The molecule has 1 aliphatic rings. The lowest BCUT2D eigenvalue weighted by Crippen LogP contribution is -2.44. The number of likely N-dealkylation sites (tertiary alicyclic amines) is 1. The first-order valence-corrected chi connectivity index (χ1v) is 9.22. The van der Waals surface area contributed by atoms with Gasteiger partial charge in [0.05, 0.1) is 0 Å². The monoisotopic (exact) mass is 318 g/mol. The highest BCUT2D eigenvalue weighted by Gasteiger charge is 2.22. The minimum atomic E-state index is -3.42. The van der Waals surface area contributed by atoms with E-state index in [0.29, 0.717) is 17.2 Å². The van der Waals surface area contributed by atoms with Gasteiger partial charge in [0, 0.05) is 30.5 Å². The Morgan fingerprint density at radius 1 is 1.45 bits per heavy atom. The number of aliphatic hydroxyl groups is 1. The van der Waals surface area contributed by atoms with Gasteiger partial charge in [-0.3, -0.25) is 0 Å². The summed E-state index contributed by atoms with van der Waals surface area (Å²) in [5.74, 6) is 0. The Morgan fingerprint density at radius 3 is 2.95 bits per heavy atom. The van der Waals surface area contributed by atoms with Gasteiger partial charge >= 0.3 is 0 Å². The Labute approximate surface area is 124 Å². The van der Waals surface area contributed by atoms with Gasteiger partial charge in [-0.05, 0) is 38.6 Å². The molecule has 2 N–H and O–H groups in total. The summed E-state index contributed by atoms with van der Waals surface area (Å²) < 4.78 is 27.5. The van der Waals surface area contributed by atoms with Gasteiger partial charge in [-0.2, -0.15) is 0 Å². The van der Waals surface area contributed by atoms with Crippen LogP contribution < -0.4 is 4.72 Å². The number of hydrogen-bond donors (Lipinski definition) is 2. The fourth-order valence-corrected chi connectivity index (χ4v) is 4.89. The summed E-state index contributed by atoms with van der Waals surface area (Å²) in [6.45, 7) is 1.54. The van der Waals surface area contributed by atoms with Crippen molar-refractivity contribution in [1.82, 2.24) is 9.62 Å². The first kappa shape index (κ1) is 15.9. The molecule has 114 valence electrons. The van der Waals surface area contributed by atoms with Crippen LogP contribution in [0.15, 0.2) is 16.3 Å². The van der Waals surface area contributed by atoms with Crippen LogP contribution in [0, 0.1) is 0 Å². The minimum absolute atomic E-state index is 0.0420. The number of nitrogens with zero attached hydrogens (tertiary/aromatic N) is 1. The molecule has 0 saturated carbocycles. The van der Waals surface area contributed by atoms with Crippen molar-refractivity contribution in [3.05, 3.63) is 17.0 Å². The zero-order valence-electron chi connectivity index (χ0n) is 11.7. The van der Waals surface area contributed by atoms with E-state index in [9.17, 15) is 8.42 Å². The molecule has 1 aliphatic heterocycles. The van der Waals surface area contributed by atoms with Crippen molar-refractivity contribution in [1.29, 1.82) is 0 Å². The lowest BCUT2D eigenvalue weighted by Gasteiger charge is -2.32. The molecule has 1 fully saturated rings. The second kappa shape index (κ2) is 7.00. The lowest BCUT2D eigenvalue weighted by molar-refractivity contribution is 0.187. The third kappa shape index (κ3) is 4.02. The van der Waals surface area contributed by atoms with Gasteiger partial charge in [0.1, 0.15) is 4.21 Å². The smallest absolute Gasteiger partial charge is 0.250 e. The van der Waals surface area contributed by atoms with E-state index in [-0.39, 0.29) is 12.6 Å². The second-order valence-corrected chi connectivity index (χ2v) is 8.34. The molecule has 1 atom stereocenters. The number of likely N-dealkylation sites (N-methyl/N-ethyl adjacent to an activating group) is 1. The number of rotatable bonds is 6. The lowest BCUT2D eigenvalue weighted by atomic mass is 10.0. The van der Waals surface area contributed by atoms with Crippen molar-refractivity contribution in [2.45, 2.75) is 35.9 Å². The summed E-state index contributed by atoms with van der Waals surface area (Å²) in [4.78, 5) is 3.11. The van der Waals surface area contributed by atoms with Crippen LogP contribution in [-0.4, -0.2) is 51.2 Å². The van der Waals surface area contributed by atoms with Crippen molar-refractivity contribution < 1.29 is 13.5 Å². The maximum atomic E-state index is 12.2. The summed E-state index contributed by atoms with van der Waals surface area (Å²) in [7, 11) is -1.38. The number of aliphatic hydroxyl groups excluding tert-OH is 1. The molecule has 0 radical (unpaired) electrons. The Hall–Kier alpha value is -0.470. The fourth-order valence-electron chi connectivity index (χ4n) is 2.43. The van der Waals surface area contributed by atoms with E-state index in [4.69, 9.17) is 5.11 Å². The molecular formula is C13H22N2O3S2. The fraction of sp³-hybridized carbons (Fsp3) is 0.692. The Bertz CT molecular complexity index is 527. The topological polar surface area (TPSA) is 69.6 Å². The number of piperidine rings is 1. The van der Waals surface area contributed by atoms with Crippen molar-refractivity contribution in [3.63, 3.8) is 0 Å². The van der Waals surface area contributed by atoms with Crippen LogP contribution in [0.1, 0.15) is 24.1 Å². The second-order valence-electron chi connectivity index (χ2n) is 5.18. The first-order chi connectivity index (χ1) is 9.53. The molecule has 1 saturated heterocycles. The summed E-state index contributed by atoms with van der Waals surface area (Å²) in [5, 5.41) is 8.87. The number of nitrogens with one attached hydrogen (secondary N) is 1. The number of thiophene rings is 1. The molecule has 1 unspecified atom stereocenters. The van der Waals surface area contributed by atoms with Crippen molar-refractivity contribution in [2.75, 3.05) is 26.7 Å². The van der Waals surface area contributed by atoms with E-state index in [1.807, 2.05) is 7.05 Å². The van der Waals surface area contributed by atoms with Crippen molar-refractivity contribution in [3.8, 4) is 0 Å². The zero-order chi connectivity index (χ0) is 14.6. The molecule has 0 spiro atoms. The Kier molecular flexibility index (Phi) is 5.57. The molecule has 7 heteroatoms. The summed E-state index contributed by atoms with van der Waals surface area (Å²) in [6.07, 6.45) is 3.90. The first-order valence-electron chi connectivity index (χ1n) is 6.92. The molecule has 1 aromatic heterocycles. The van der Waals surface area contributed by atoms with Gasteiger partial charge in [0.15, 0.2) is 0 Å². The predicted octanol–water partition coefficient (Wildman–Crippen LogP) is 1.05. The molecule has 0 bridgehead atoms. The highest BCUT2D eigenvalue weighted by Crippen LogP contribution is 2.22.